The Hall–Kier alpha value is -2.97. The number of benzene rings is 1. The van der Waals surface area contributed by atoms with Crippen LogP contribution in [-0.2, 0) is 6.54 Å². The number of aromatic nitrogens is 1. The van der Waals surface area contributed by atoms with E-state index in [1.807, 2.05) is 30.3 Å². The lowest BCUT2D eigenvalue weighted by molar-refractivity contribution is 0.102. The third-order valence-electron chi connectivity index (χ3n) is 4.51. The van der Waals surface area contributed by atoms with E-state index in [0.717, 1.165) is 13.1 Å². The van der Waals surface area contributed by atoms with Crippen molar-refractivity contribution in [1.82, 2.24) is 9.88 Å². The number of anilines is 1. The van der Waals surface area contributed by atoms with Gasteiger partial charge >= 0.3 is 0 Å². The maximum atomic E-state index is 12.3. The lowest BCUT2D eigenvalue weighted by Crippen LogP contribution is -2.33. The topological polar surface area (TPSA) is 69.0 Å². The zero-order valence-corrected chi connectivity index (χ0v) is 15.0. The molecule has 26 heavy (non-hydrogen) atoms. The molecule has 0 saturated heterocycles. The average Bonchev–Trinajstić information content (AvgIpc) is 3.11. The van der Waals surface area contributed by atoms with E-state index in [1.54, 1.807) is 12.1 Å². The SMILES string of the molecule is CC(C)[C@H]1C=CCN1Cc1ccc(C(=O)Nc2ccc(C#N)cn2)cc1. The number of rotatable bonds is 5. The maximum Gasteiger partial charge on any atom is 0.256 e. The van der Waals surface area contributed by atoms with Gasteiger partial charge in [-0.3, -0.25) is 9.69 Å². The summed E-state index contributed by atoms with van der Waals surface area (Å²) >= 11 is 0. The van der Waals surface area contributed by atoms with Crippen molar-refractivity contribution in [1.29, 1.82) is 5.26 Å². The van der Waals surface area contributed by atoms with Crippen molar-refractivity contribution in [3.8, 4) is 6.07 Å². The van der Waals surface area contributed by atoms with Gasteiger partial charge < -0.3 is 5.32 Å². The summed E-state index contributed by atoms with van der Waals surface area (Å²) in [6.07, 6.45) is 5.93. The van der Waals surface area contributed by atoms with Crippen molar-refractivity contribution in [2.24, 2.45) is 5.92 Å². The molecule has 0 saturated carbocycles. The van der Waals surface area contributed by atoms with Crippen molar-refractivity contribution in [2.45, 2.75) is 26.4 Å². The minimum absolute atomic E-state index is 0.211. The Bertz CT molecular complexity index is 832. The van der Waals surface area contributed by atoms with E-state index in [4.69, 9.17) is 5.26 Å². The van der Waals surface area contributed by atoms with Crippen molar-refractivity contribution in [2.75, 3.05) is 11.9 Å². The highest BCUT2D eigenvalue weighted by Crippen LogP contribution is 2.20. The molecule has 0 unspecified atom stereocenters. The molecule has 5 nitrogen and oxygen atoms in total. The summed E-state index contributed by atoms with van der Waals surface area (Å²) in [5, 5.41) is 11.5. The van der Waals surface area contributed by atoms with Crippen molar-refractivity contribution in [3.05, 3.63) is 71.4 Å². The molecule has 1 aromatic heterocycles. The fourth-order valence-corrected chi connectivity index (χ4v) is 3.11. The number of hydrogen-bond acceptors (Lipinski definition) is 4. The van der Waals surface area contributed by atoms with E-state index in [2.05, 4.69) is 41.2 Å². The summed E-state index contributed by atoms with van der Waals surface area (Å²) < 4.78 is 0. The fourth-order valence-electron chi connectivity index (χ4n) is 3.11. The number of nitrogens with zero attached hydrogens (tertiary/aromatic N) is 3. The Labute approximate surface area is 154 Å². The number of hydrogen-bond donors (Lipinski definition) is 1. The van der Waals surface area contributed by atoms with Crippen LogP contribution < -0.4 is 5.32 Å². The molecular formula is C21H22N4O. The molecule has 1 aliphatic heterocycles. The summed E-state index contributed by atoms with van der Waals surface area (Å²) in [5.41, 5.74) is 2.23. The van der Waals surface area contributed by atoms with Gasteiger partial charge in [-0.15, -0.1) is 0 Å². The van der Waals surface area contributed by atoms with Crippen molar-refractivity contribution in [3.63, 3.8) is 0 Å². The zero-order chi connectivity index (χ0) is 18.5. The predicted octanol–water partition coefficient (Wildman–Crippen LogP) is 3.60. The van der Waals surface area contributed by atoms with Crippen LogP contribution in [-0.4, -0.2) is 28.4 Å². The van der Waals surface area contributed by atoms with E-state index >= 15 is 0 Å². The van der Waals surface area contributed by atoms with Gasteiger partial charge in [-0.25, -0.2) is 4.98 Å². The third-order valence-corrected chi connectivity index (χ3v) is 4.51. The van der Waals surface area contributed by atoms with E-state index in [1.165, 1.54) is 11.8 Å². The van der Waals surface area contributed by atoms with Crippen LogP contribution in [0.4, 0.5) is 5.82 Å². The molecule has 1 N–H and O–H groups in total. The van der Waals surface area contributed by atoms with Gasteiger partial charge in [0.15, 0.2) is 0 Å². The number of nitriles is 1. The molecule has 1 atom stereocenters. The van der Waals surface area contributed by atoms with Gasteiger partial charge in [0.1, 0.15) is 11.9 Å². The number of nitrogens with one attached hydrogen (secondary N) is 1. The lowest BCUT2D eigenvalue weighted by atomic mass is 10.0. The minimum atomic E-state index is -0.211. The molecule has 0 spiro atoms. The van der Waals surface area contributed by atoms with Crippen LogP contribution >= 0.6 is 0 Å². The van der Waals surface area contributed by atoms with E-state index in [0.29, 0.717) is 28.9 Å². The first-order valence-corrected chi connectivity index (χ1v) is 8.74. The van der Waals surface area contributed by atoms with E-state index in [-0.39, 0.29) is 5.91 Å². The summed E-state index contributed by atoms with van der Waals surface area (Å²) in [7, 11) is 0. The second-order valence-corrected chi connectivity index (χ2v) is 6.79. The highest BCUT2D eigenvalue weighted by molar-refractivity contribution is 6.03. The van der Waals surface area contributed by atoms with Gasteiger partial charge in [-0.1, -0.05) is 38.1 Å². The monoisotopic (exact) mass is 346 g/mol. The summed E-state index contributed by atoms with van der Waals surface area (Å²) in [6.45, 7) is 6.31. The van der Waals surface area contributed by atoms with Gasteiger partial charge in [0.05, 0.1) is 5.56 Å². The smallest absolute Gasteiger partial charge is 0.256 e. The van der Waals surface area contributed by atoms with Gasteiger partial charge in [0, 0.05) is 30.9 Å². The predicted molar refractivity (Wildman–Crippen MR) is 102 cm³/mol. The average molecular weight is 346 g/mol. The molecule has 5 heteroatoms. The molecular weight excluding hydrogens is 324 g/mol. The largest absolute Gasteiger partial charge is 0.307 e. The molecule has 0 radical (unpaired) electrons. The van der Waals surface area contributed by atoms with Gasteiger partial charge in [-0.05, 0) is 35.7 Å². The summed E-state index contributed by atoms with van der Waals surface area (Å²) in [5.74, 6) is 0.802. The Morgan fingerprint density at radius 2 is 2.08 bits per heavy atom. The van der Waals surface area contributed by atoms with Crippen LogP contribution in [0.15, 0.2) is 54.7 Å². The van der Waals surface area contributed by atoms with Crippen LogP contribution in [0.3, 0.4) is 0 Å². The number of carbonyl (C=O) groups excluding carboxylic acids is 1. The maximum absolute atomic E-state index is 12.3. The van der Waals surface area contributed by atoms with Crippen molar-refractivity contribution < 1.29 is 4.79 Å². The van der Waals surface area contributed by atoms with Gasteiger partial charge in [0.2, 0.25) is 0 Å². The number of pyridine rings is 1. The molecule has 0 fully saturated rings. The molecule has 3 rings (SSSR count). The standard InChI is InChI=1S/C21H22N4O/c1-15(2)19-4-3-11-25(19)14-16-5-8-18(9-6-16)21(26)24-20-10-7-17(12-22)13-23-20/h3-10,13,15,19H,11,14H2,1-2H3,(H,23,24,26)/t19-/m1/s1. The highest BCUT2D eigenvalue weighted by atomic mass is 16.1. The highest BCUT2D eigenvalue weighted by Gasteiger charge is 2.22. The Morgan fingerprint density at radius 1 is 1.31 bits per heavy atom. The first-order chi connectivity index (χ1) is 12.6. The molecule has 2 aromatic rings. The van der Waals surface area contributed by atoms with Crippen LogP contribution in [0, 0.1) is 17.2 Å². The Balaban J connectivity index is 1.61. The quantitative estimate of drug-likeness (QED) is 0.840. The van der Waals surface area contributed by atoms with Gasteiger partial charge in [0.25, 0.3) is 5.91 Å². The molecule has 2 heterocycles. The molecule has 0 bridgehead atoms. The van der Waals surface area contributed by atoms with E-state index < -0.39 is 0 Å². The van der Waals surface area contributed by atoms with E-state index in [9.17, 15) is 4.79 Å². The normalized spacial score (nSPS) is 16.6. The van der Waals surface area contributed by atoms with Gasteiger partial charge in [-0.2, -0.15) is 5.26 Å². The van der Waals surface area contributed by atoms with Crippen molar-refractivity contribution >= 4 is 11.7 Å². The van der Waals surface area contributed by atoms with Crippen LogP contribution in [0.5, 0.6) is 0 Å². The third kappa shape index (κ3) is 4.16. The Kier molecular flexibility index (Phi) is 5.45. The second kappa shape index (κ2) is 7.94. The lowest BCUT2D eigenvalue weighted by Gasteiger charge is -2.27. The fraction of sp³-hybridized carbons (Fsp3) is 0.286. The van der Waals surface area contributed by atoms with Crippen LogP contribution in [0.1, 0.15) is 35.3 Å². The summed E-state index contributed by atoms with van der Waals surface area (Å²) in [4.78, 5) is 18.8. The zero-order valence-electron chi connectivity index (χ0n) is 15.0. The molecule has 0 aliphatic carbocycles. The summed E-state index contributed by atoms with van der Waals surface area (Å²) in [6, 6.07) is 13.4. The number of carbonyl (C=O) groups is 1. The molecule has 1 amide bonds. The molecule has 1 aromatic carbocycles. The first-order valence-electron chi connectivity index (χ1n) is 8.74. The van der Waals surface area contributed by atoms with Crippen LogP contribution in [0.25, 0.3) is 0 Å². The molecule has 132 valence electrons. The molecule has 1 aliphatic rings. The second-order valence-electron chi connectivity index (χ2n) is 6.79. The first kappa shape index (κ1) is 17.8. The number of amides is 1. The minimum Gasteiger partial charge on any atom is -0.307 e. The van der Waals surface area contributed by atoms with Crippen LogP contribution in [0.2, 0.25) is 0 Å². The Morgan fingerprint density at radius 3 is 2.69 bits per heavy atom.